The van der Waals surface area contributed by atoms with Crippen LogP contribution in [0.15, 0.2) is 59.5 Å². The molecular weight excluding hydrogens is 668 g/mol. The van der Waals surface area contributed by atoms with Gasteiger partial charge in [0.25, 0.3) is 15.9 Å². The molecule has 0 bridgehead atoms. The Morgan fingerprint density at radius 2 is 1.59 bits per heavy atom. The number of benzene rings is 3. The molecule has 3 aliphatic heterocycles. The van der Waals surface area contributed by atoms with E-state index in [1.807, 2.05) is 23.1 Å². The molecule has 49 heavy (non-hydrogen) atoms. The first kappa shape index (κ1) is 35.0. The zero-order chi connectivity index (χ0) is 35.1. The highest BCUT2D eigenvalue weighted by Gasteiger charge is 2.62. The molecule has 2 amide bonds. The van der Waals surface area contributed by atoms with Crippen molar-refractivity contribution in [2.45, 2.75) is 55.1 Å². The van der Waals surface area contributed by atoms with E-state index >= 15 is 4.79 Å². The quantitative estimate of drug-likeness (QED) is 0.291. The van der Waals surface area contributed by atoms with Crippen LogP contribution in [0.4, 0.5) is 5.69 Å². The number of fused-ring (bicyclic) bond motifs is 1. The fraction of sp³-hybridized carbons (Fsp3) is 0.444. The number of carbonyl (C=O) groups excluding carboxylic acids is 2. The van der Waals surface area contributed by atoms with Crippen LogP contribution in [0.2, 0.25) is 5.02 Å². The normalized spacial score (nSPS) is 21.5. The molecule has 3 heterocycles. The third kappa shape index (κ3) is 5.92. The fourth-order valence-corrected chi connectivity index (χ4v) is 9.36. The van der Waals surface area contributed by atoms with E-state index in [2.05, 4.69) is 4.90 Å². The van der Waals surface area contributed by atoms with E-state index in [4.69, 9.17) is 25.8 Å². The Bertz CT molecular complexity index is 1860. The maximum absolute atomic E-state index is 15.7. The van der Waals surface area contributed by atoms with Crippen LogP contribution >= 0.6 is 11.6 Å². The van der Waals surface area contributed by atoms with Crippen LogP contribution in [0.3, 0.4) is 0 Å². The summed E-state index contributed by atoms with van der Waals surface area (Å²) in [6.07, 6.45) is 4.17. The Morgan fingerprint density at radius 1 is 0.878 bits per heavy atom. The van der Waals surface area contributed by atoms with Crippen molar-refractivity contribution in [1.82, 2.24) is 14.7 Å². The van der Waals surface area contributed by atoms with Crippen LogP contribution in [0.1, 0.15) is 48.8 Å². The number of carbonyl (C=O) groups is 2. The molecule has 3 aromatic carbocycles. The number of nitrogens with zero attached hydrogens (tertiary/aromatic N) is 4. The number of anilines is 1. The number of hydrogen-bond donors (Lipinski definition) is 0. The Hall–Kier alpha value is -3.84. The minimum Gasteiger partial charge on any atom is -0.497 e. The predicted molar refractivity (Wildman–Crippen MR) is 187 cm³/mol. The maximum atomic E-state index is 15.7. The van der Waals surface area contributed by atoms with Gasteiger partial charge in [0, 0.05) is 49.4 Å². The molecule has 0 radical (unpaired) electrons. The molecule has 13 heteroatoms. The van der Waals surface area contributed by atoms with Crippen molar-refractivity contribution in [3.63, 3.8) is 0 Å². The van der Waals surface area contributed by atoms with Crippen molar-refractivity contribution in [2.24, 2.45) is 0 Å². The van der Waals surface area contributed by atoms with Gasteiger partial charge in [0.2, 0.25) is 5.91 Å². The predicted octanol–water partition coefficient (Wildman–Crippen LogP) is 4.88. The number of likely N-dealkylation sites (N-methyl/N-ethyl adjacent to an activating group) is 1. The SMILES string of the molecule is COc1ccc(S(=O)(=O)N2C(=O)C(c3cc(CN4CCCC4)ccc3OC)(N3CCCC[C@H]3C(=O)N(C)C)c3cc(Cl)ccc32)c(OC)c1. The van der Waals surface area contributed by atoms with Crippen LogP contribution in [-0.2, 0) is 31.7 Å². The van der Waals surface area contributed by atoms with Gasteiger partial charge in [-0.1, -0.05) is 24.1 Å². The van der Waals surface area contributed by atoms with Crippen molar-refractivity contribution in [3.8, 4) is 17.2 Å². The molecule has 2 atom stereocenters. The molecule has 0 N–H and O–H groups in total. The van der Waals surface area contributed by atoms with Crippen molar-refractivity contribution < 1.29 is 32.2 Å². The molecule has 262 valence electrons. The summed E-state index contributed by atoms with van der Waals surface area (Å²) in [7, 11) is 3.12. The first-order valence-electron chi connectivity index (χ1n) is 16.5. The molecular formula is C36H43ClN4O7S. The lowest BCUT2D eigenvalue weighted by Crippen LogP contribution is -2.62. The lowest BCUT2D eigenvalue weighted by molar-refractivity contribution is -0.142. The molecule has 0 aliphatic carbocycles. The highest BCUT2D eigenvalue weighted by Crippen LogP contribution is 2.55. The lowest BCUT2D eigenvalue weighted by atomic mass is 9.78. The van der Waals surface area contributed by atoms with E-state index < -0.39 is 27.5 Å². The second kappa shape index (κ2) is 13.8. The average Bonchev–Trinajstić information content (AvgIpc) is 3.71. The molecule has 2 saturated heterocycles. The van der Waals surface area contributed by atoms with Gasteiger partial charge in [-0.05, 0) is 86.8 Å². The number of halogens is 1. The van der Waals surface area contributed by atoms with Gasteiger partial charge < -0.3 is 19.1 Å². The summed E-state index contributed by atoms with van der Waals surface area (Å²) in [5, 5.41) is 0.317. The summed E-state index contributed by atoms with van der Waals surface area (Å²) in [5.41, 5.74) is 0.102. The summed E-state index contributed by atoms with van der Waals surface area (Å²) in [4.78, 5) is 35.2. The summed E-state index contributed by atoms with van der Waals surface area (Å²) in [6, 6.07) is 14.1. The summed E-state index contributed by atoms with van der Waals surface area (Å²) in [5.74, 6) is -0.127. The number of amides is 2. The molecule has 0 aromatic heterocycles. The first-order valence-corrected chi connectivity index (χ1v) is 18.3. The zero-order valence-electron chi connectivity index (χ0n) is 28.6. The van der Waals surface area contributed by atoms with E-state index in [1.165, 1.54) is 44.4 Å². The largest absolute Gasteiger partial charge is 0.497 e. The van der Waals surface area contributed by atoms with Crippen molar-refractivity contribution >= 4 is 39.1 Å². The second-order valence-corrected chi connectivity index (χ2v) is 15.1. The fourth-order valence-electron chi connectivity index (χ4n) is 7.59. The molecule has 6 rings (SSSR count). The number of piperidine rings is 1. The van der Waals surface area contributed by atoms with Gasteiger partial charge in [0.1, 0.15) is 22.1 Å². The summed E-state index contributed by atoms with van der Waals surface area (Å²) >= 11 is 6.71. The number of rotatable bonds is 10. The smallest absolute Gasteiger partial charge is 0.274 e. The van der Waals surface area contributed by atoms with Crippen molar-refractivity contribution in [3.05, 3.63) is 76.3 Å². The zero-order valence-corrected chi connectivity index (χ0v) is 30.1. The standard InChI is InChI=1S/C36H43ClN4O7S/c1-38(2)34(42)30-10-6-7-19-40(30)36(28-20-24(11-15-31(28)47-4)23-39-17-8-9-18-39)27-21-25(37)12-14-29(27)41(35(36)43)49(44,45)33-16-13-26(46-3)22-32(33)48-5/h11-16,20-22,30H,6-10,17-19,23H2,1-5H3/t30-,36?/m0/s1. The first-order chi connectivity index (χ1) is 23.5. The minimum absolute atomic E-state index is 0.0176. The third-order valence-corrected chi connectivity index (χ3v) is 11.8. The number of likely N-dealkylation sites (tertiary alicyclic amines) is 2. The molecule has 0 saturated carbocycles. The van der Waals surface area contributed by atoms with E-state index in [-0.39, 0.29) is 22.2 Å². The summed E-state index contributed by atoms with van der Waals surface area (Å²) in [6.45, 7) is 2.92. The van der Waals surface area contributed by atoms with Crippen LogP contribution in [0, 0.1) is 0 Å². The Kier molecular flexibility index (Phi) is 9.87. The van der Waals surface area contributed by atoms with Crippen molar-refractivity contribution in [2.75, 3.05) is 59.4 Å². The molecule has 3 aromatic rings. The van der Waals surface area contributed by atoms with Crippen molar-refractivity contribution in [1.29, 1.82) is 0 Å². The Labute approximate surface area is 293 Å². The van der Waals surface area contributed by atoms with Gasteiger partial charge in [-0.25, -0.2) is 12.7 Å². The molecule has 11 nitrogen and oxygen atoms in total. The molecule has 0 spiro atoms. The number of sulfonamides is 1. The third-order valence-electron chi connectivity index (χ3n) is 9.87. The highest BCUT2D eigenvalue weighted by atomic mass is 35.5. The van der Waals surface area contributed by atoms with Gasteiger partial charge in [0.15, 0.2) is 5.54 Å². The van der Waals surface area contributed by atoms with Gasteiger partial charge >= 0.3 is 0 Å². The average molecular weight is 711 g/mol. The lowest BCUT2D eigenvalue weighted by Gasteiger charge is -2.47. The minimum atomic E-state index is -4.61. The maximum Gasteiger partial charge on any atom is 0.274 e. The highest BCUT2D eigenvalue weighted by molar-refractivity contribution is 7.93. The molecule has 2 fully saturated rings. The van der Waals surface area contributed by atoms with Gasteiger partial charge in [0.05, 0.1) is 33.1 Å². The van der Waals surface area contributed by atoms with E-state index in [0.29, 0.717) is 53.6 Å². The van der Waals surface area contributed by atoms with E-state index in [1.54, 1.807) is 32.3 Å². The van der Waals surface area contributed by atoms with E-state index in [0.717, 1.165) is 42.2 Å². The van der Waals surface area contributed by atoms with Crippen LogP contribution in [0.25, 0.3) is 0 Å². The van der Waals surface area contributed by atoms with Gasteiger partial charge in [-0.3, -0.25) is 19.4 Å². The number of methoxy groups -OCH3 is 3. The van der Waals surface area contributed by atoms with Crippen LogP contribution < -0.4 is 18.5 Å². The molecule has 1 unspecified atom stereocenters. The van der Waals surface area contributed by atoms with Crippen LogP contribution in [0.5, 0.6) is 17.2 Å². The Morgan fingerprint density at radius 3 is 2.27 bits per heavy atom. The number of ether oxygens (including phenoxy) is 3. The summed E-state index contributed by atoms with van der Waals surface area (Å²) < 4.78 is 47.4. The monoisotopic (exact) mass is 710 g/mol. The van der Waals surface area contributed by atoms with Gasteiger partial charge in [-0.2, -0.15) is 0 Å². The Balaban J connectivity index is 1.66. The number of hydrogen-bond acceptors (Lipinski definition) is 9. The van der Waals surface area contributed by atoms with Crippen LogP contribution in [-0.4, -0.2) is 96.0 Å². The van der Waals surface area contributed by atoms with E-state index in [9.17, 15) is 13.2 Å². The second-order valence-electron chi connectivity index (χ2n) is 12.9. The molecule has 3 aliphatic rings. The topological polar surface area (TPSA) is 109 Å². The van der Waals surface area contributed by atoms with Gasteiger partial charge in [-0.15, -0.1) is 0 Å².